The number of piperazine rings is 1. The molecule has 0 spiro atoms. The van der Waals surface area contributed by atoms with E-state index in [9.17, 15) is 4.79 Å². The molecule has 142 valence electrons. The molecule has 4 rings (SSSR count). The average molecular weight is 368 g/mol. The normalized spacial score (nSPS) is 21.6. The average Bonchev–Trinajstić information content (AvgIpc) is 3.07. The standard InChI is InChI=1S/C19H24N6O2/c1-14-12-25-13-20-17(11-18(25)21-14)23-6-8-24(9-7-23)19(26)22-15-4-3-5-16(10-15)27-2/h3-5,10-11,13-14H,6-9,12H2,1-2H3,(H,22,26)/t14-/m1/s1. The van der Waals surface area contributed by atoms with Gasteiger partial charge in [0.2, 0.25) is 0 Å². The third-order valence-electron chi connectivity index (χ3n) is 4.91. The number of nitrogens with one attached hydrogen (secondary N) is 1. The van der Waals surface area contributed by atoms with Gasteiger partial charge in [-0.1, -0.05) is 6.07 Å². The number of amides is 2. The molecule has 3 heterocycles. The lowest BCUT2D eigenvalue weighted by Crippen LogP contribution is -2.49. The Hall–Kier alpha value is -3.03. The van der Waals surface area contributed by atoms with Gasteiger partial charge in [-0.15, -0.1) is 0 Å². The SMILES string of the molecule is COc1cccc(NC(=O)N2CCN(C3=CC4=N[C@H](C)CN4C=N3)CC2)c1. The third-order valence-corrected chi connectivity index (χ3v) is 4.91. The van der Waals surface area contributed by atoms with Crippen LogP contribution < -0.4 is 10.1 Å². The van der Waals surface area contributed by atoms with Crippen LogP contribution in [0, 0.1) is 0 Å². The first kappa shape index (κ1) is 17.4. The summed E-state index contributed by atoms with van der Waals surface area (Å²) in [6, 6.07) is 7.58. The topological polar surface area (TPSA) is 72.8 Å². The molecule has 8 heteroatoms. The van der Waals surface area contributed by atoms with Crippen LogP contribution in [0.3, 0.4) is 0 Å². The molecule has 1 saturated heterocycles. The number of nitrogens with zero attached hydrogens (tertiary/aromatic N) is 5. The zero-order valence-electron chi connectivity index (χ0n) is 15.6. The molecule has 1 atom stereocenters. The van der Waals surface area contributed by atoms with Crippen molar-refractivity contribution in [3.8, 4) is 5.75 Å². The van der Waals surface area contributed by atoms with Crippen LogP contribution in [0.15, 0.2) is 46.1 Å². The Labute approximate surface area is 158 Å². The van der Waals surface area contributed by atoms with Crippen molar-refractivity contribution in [1.29, 1.82) is 0 Å². The summed E-state index contributed by atoms with van der Waals surface area (Å²) in [7, 11) is 1.61. The molecule has 1 aromatic carbocycles. The van der Waals surface area contributed by atoms with Crippen LogP contribution in [0.2, 0.25) is 0 Å². The molecule has 27 heavy (non-hydrogen) atoms. The monoisotopic (exact) mass is 368 g/mol. The summed E-state index contributed by atoms with van der Waals surface area (Å²) < 4.78 is 5.20. The molecule has 0 aliphatic carbocycles. The van der Waals surface area contributed by atoms with Crippen LogP contribution in [-0.4, -0.2) is 78.8 Å². The molecule has 1 aromatic rings. The number of fused-ring (bicyclic) bond motifs is 1. The molecule has 0 unspecified atom stereocenters. The number of urea groups is 1. The van der Waals surface area contributed by atoms with E-state index in [0.717, 1.165) is 42.7 Å². The Balaban J connectivity index is 1.33. The lowest BCUT2D eigenvalue weighted by molar-refractivity contribution is 0.167. The smallest absolute Gasteiger partial charge is 0.321 e. The van der Waals surface area contributed by atoms with E-state index in [2.05, 4.69) is 32.0 Å². The number of hydrogen-bond acceptors (Lipinski definition) is 6. The van der Waals surface area contributed by atoms with Gasteiger partial charge in [0.05, 0.1) is 19.5 Å². The number of anilines is 1. The number of benzene rings is 1. The van der Waals surface area contributed by atoms with E-state index >= 15 is 0 Å². The van der Waals surface area contributed by atoms with E-state index in [0.29, 0.717) is 19.1 Å². The summed E-state index contributed by atoms with van der Waals surface area (Å²) >= 11 is 0. The van der Waals surface area contributed by atoms with Gasteiger partial charge < -0.3 is 24.8 Å². The highest BCUT2D eigenvalue weighted by molar-refractivity contribution is 6.03. The number of hydrogen-bond donors (Lipinski definition) is 1. The molecule has 2 amide bonds. The summed E-state index contributed by atoms with van der Waals surface area (Å²) in [6.07, 6.45) is 3.90. The Kier molecular flexibility index (Phi) is 4.70. The van der Waals surface area contributed by atoms with Gasteiger partial charge in [0, 0.05) is 50.6 Å². The number of aliphatic imine (C=N–C) groups is 2. The summed E-state index contributed by atoms with van der Waals surface area (Å²) in [6.45, 7) is 5.78. The van der Waals surface area contributed by atoms with Gasteiger partial charge >= 0.3 is 6.03 Å². The molecule has 0 aromatic heterocycles. The van der Waals surface area contributed by atoms with Crippen molar-refractivity contribution in [3.63, 3.8) is 0 Å². The first-order valence-corrected chi connectivity index (χ1v) is 9.17. The minimum absolute atomic E-state index is 0.0933. The molecular formula is C19H24N6O2. The van der Waals surface area contributed by atoms with Gasteiger partial charge in [-0.25, -0.2) is 9.79 Å². The minimum atomic E-state index is -0.0933. The number of ether oxygens (including phenoxy) is 1. The number of amidine groups is 1. The van der Waals surface area contributed by atoms with Crippen molar-refractivity contribution in [2.75, 3.05) is 45.2 Å². The minimum Gasteiger partial charge on any atom is -0.497 e. The van der Waals surface area contributed by atoms with Crippen molar-refractivity contribution < 1.29 is 9.53 Å². The van der Waals surface area contributed by atoms with Crippen molar-refractivity contribution >= 4 is 23.9 Å². The lowest BCUT2D eigenvalue weighted by atomic mass is 10.3. The number of carbonyl (C=O) groups excluding carboxylic acids is 1. The van der Waals surface area contributed by atoms with Crippen LogP contribution in [0.5, 0.6) is 5.75 Å². The first-order valence-electron chi connectivity index (χ1n) is 9.17. The molecule has 3 aliphatic rings. The van der Waals surface area contributed by atoms with E-state index in [1.807, 2.05) is 41.6 Å². The van der Waals surface area contributed by atoms with Crippen LogP contribution in [0.4, 0.5) is 10.5 Å². The van der Waals surface area contributed by atoms with Crippen molar-refractivity contribution in [1.82, 2.24) is 14.7 Å². The zero-order chi connectivity index (χ0) is 18.8. The van der Waals surface area contributed by atoms with Crippen LogP contribution in [0.1, 0.15) is 6.92 Å². The summed E-state index contributed by atoms with van der Waals surface area (Å²) in [5.74, 6) is 2.62. The van der Waals surface area contributed by atoms with Gasteiger partial charge in [0.25, 0.3) is 0 Å². The highest BCUT2D eigenvalue weighted by Gasteiger charge is 2.27. The van der Waals surface area contributed by atoms with Crippen LogP contribution in [0.25, 0.3) is 0 Å². The second-order valence-electron chi connectivity index (χ2n) is 6.87. The zero-order valence-corrected chi connectivity index (χ0v) is 15.6. The van der Waals surface area contributed by atoms with Gasteiger partial charge in [-0.3, -0.25) is 4.99 Å². The largest absolute Gasteiger partial charge is 0.497 e. The van der Waals surface area contributed by atoms with E-state index in [-0.39, 0.29) is 6.03 Å². The molecule has 1 fully saturated rings. The molecule has 0 radical (unpaired) electrons. The Morgan fingerprint density at radius 1 is 1.26 bits per heavy atom. The van der Waals surface area contributed by atoms with Gasteiger partial charge in [0.1, 0.15) is 17.4 Å². The fourth-order valence-corrected chi connectivity index (χ4v) is 3.44. The van der Waals surface area contributed by atoms with Crippen molar-refractivity contribution in [3.05, 3.63) is 36.2 Å². The molecule has 8 nitrogen and oxygen atoms in total. The highest BCUT2D eigenvalue weighted by Crippen LogP contribution is 2.20. The maximum absolute atomic E-state index is 12.5. The van der Waals surface area contributed by atoms with Gasteiger partial charge in [-0.05, 0) is 19.1 Å². The molecule has 0 saturated carbocycles. The Bertz CT molecular complexity index is 810. The quantitative estimate of drug-likeness (QED) is 0.884. The molecule has 0 bridgehead atoms. The molecule has 3 aliphatic heterocycles. The predicted octanol–water partition coefficient (Wildman–Crippen LogP) is 1.83. The van der Waals surface area contributed by atoms with E-state index in [4.69, 9.17) is 4.74 Å². The fraction of sp³-hybridized carbons (Fsp3) is 0.421. The van der Waals surface area contributed by atoms with E-state index < -0.39 is 0 Å². The predicted molar refractivity (Wildman–Crippen MR) is 105 cm³/mol. The number of rotatable bonds is 3. The Morgan fingerprint density at radius 3 is 2.85 bits per heavy atom. The van der Waals surface area contributed by atoms with E-state index in [1.54, 1.807) is 7.11 Å². The highest BCUT2D eigenvalue weighted by atomic mass is 16.5. The number of carbonyl (C=O) groups is 1. The Morgan fingerprint density at radius 2 is 2.07 bits per heavy atom. The summed E-state index contributed by atoms with van der Waals surface area (Å²) in [5, 5.41) is 2.93. The molecular weight excluding hydrogens is 344 g/mol. The third kappa shape index (κ3) is 3.74. The summed E-state index contributed by atoms with van der Waals surface area (Å²) in [4.78, 5) is 27.8. The van der Waals surface area contributed by atoms with Crippen molar-refractivity contribution in [2.45, 2.75) is 13.0 Å². The van der Waals surface area contributed by atoms with Crippen molar-refractivity contribution in [2.24, 2.45) is 9.98 Å². The first-order chi connectivity index (χ1) is 13.1. The maximum atomic E-state index is 12.5. The lowest BCUT2D eigenvalue weighted by Gasteiger charge is -2.36. The van der Waals surface area contributed by atoms with E-state index in [1.165, 1.54) is 0 Å². The van der Waals surface area contributed by atoms with Crippen LogP contribution in [-0.2, 0) is 0 Å². The number of methoxy groups -OCH3 is 1. The second kappa shape index (κ2) is 7.30. The fourth-order valence-electron chi connectivity index (χ4n) is 3.44. The van der Waals surface area contributed by atoms with Gasteiger partial charge in [0.15, 0.2) is 0 Å². The van der Waals surface area contributed by atoms with Crippen LogP contribution >= 0.6 is 0 Å². The maximum Gasteiger partial charge on any atom is 0.321 e. The molecule has 1 N–H and O–H groups in total. The second-order valence-corrected chi connectivity index (χ2v) is 6.87. The van der Waals surface area contributed by atoms with Gasteiger partial charge in [-0.2, -0.15) is 0 Å². The summed E-state index contributed by atoms with van der Waals surface area (Å²) in [5.41, 5.74) is 0.731.